The Morgan fingerprint density at radius 1 is 1.37 bits per heavy atom. The molecule has 1 aliphatic rings. The Balaban J connectivity index is 2.64. The maximum atomic E-state index is 12.1. The molecule has 0 aliphatic carbocycles. The standard InChI is InChI=1S/C13H23N3O3/c1-4-6-9(11(17)13(19)14-2)15-12(18)10-7-5-8-16(10)3/h9-10H,4-8H2,1-3H3,(H,14,19)(H,15,18). The number of hydrogen-bond acceptors (Lipinski definition) is 4. The Hall–Kier alpha value is -1.43. The molecule has 1 rings (SSSR count). The summed E-state index contributed by atoms with van der Waals surface area (Å²) in [7, 11) is 3.31. The van der Waals surface area contributed by atoms with Crippen LogP contribution in [0.15, 0.2) is 0 Å². The van der Waals surface area contributed by atoms with Gasteiger partial charge in [-0.2, -0.15) is 0 Å². The predicted octanol–water partition coefficient (Wildman–Crippen LogP) is -0.319. The second kappa shape index (κ2) is 7.23. The number of carbonyl (C=O) groups is 3. The van der Waals surface area contributed by atoms with Crippen molar-refractivity contribution in [1.29, 1.82) is 0 Å². The first-order valence-corrected chi connectivity index (χ1v) is 6.77. The molecule has 2 N–H and O–H groups in total. The van der Waals surface area contributed by atoms with Gasteiger partial charge in [0, 0.05) is 7.05 Å². The third kappa shape index (κ3) is 4.02. The molecular weight excluding hydrogens is 246 g/mol. The van der Waals surface area contributed by atoms with Crippen molar-refractivity contribution in [2.75, 3.05) is 20.6 Å². The maximum absolute atomic E-state index is 12.1. The minimum absolute atomic E-state index is 0.157. The van der Waals surface area contributed by atoms with Gasteiger partial charge in [0.1, 0.15) is 0 Å². The summed E-state index contributed by atoms with van der Waals surface area (Å²) < 4.78 is 0. The first-order chi connectivity index (χ1) is 9.01. The lowest BCUT2D eigenvalue weighted by molar-refractivity contribution is -0.140. The number of hydrogen-bond donors (Lipinski definition) is 2. The molecule has 0 bridgehead atoms. The van der Waals surface area contributed by atoms with Crippen LogP contribution in [0.2, 0.25) is 0 Å². The molecule has 108 valence electrons. The summed E-state index contributed by atoms with van der Waals surface area (Å²) in [6, 6.07) is -0.900. The van der Waals surface area contributed by atoms with Gasteiger partial charge in [-0.1, -0.05) is 13.3 Å². The molecule has 1 saturated heterocycles. The summed E-state index contributed by atoms with van der Waals surface area (Å²) >= 11 is 0. The highest BCUT2D eigenvalue weighted by Crippen LogP contribution is 2.15. The third-order valence-electron chi connectivity index (χ3n) is 3.48. The highest BCUT2D eigenvalue weighted by Gasteiger charge is 2.32. The number of amides is 2. The SMILES string of the molecule is CCCC(NC(=O)C1CCCN1C)C(=O)C(=O)NC. The van der Waals surface area contributed by atoms with E-state index in [0.29, 0.717) is 6.42 Å². The molecule has 1 heterocycles. The molecule has 0 aromatic carbocycles. The molecule has 1 aliphatic heterocycles. The highest BCUT2D eigenvalue weighted by molar-refractivity contribution is 6.38. The second-order valence-corrected chi connectivity index (χ2v) is 4.93. The Kier molecular flexibility index (Phi) is 5.95. The summed E-state index contributed by atoms with van der Waals surface area (Å²) in [5.41, 5.74) is 0. The molecule has 0 spiro atoms. The van der Waals surface area contributed by atoms with Crippen LogP contribution in [-0.4, -0.2) is 55.2 Å². The van der Waals surface area contributed by atoms with Crippen LogP contribution in [0, 0.1) is 0 Å². The number of Topliss-reactive ketones (excluding diaryl/α,β-unsaturated/α-hetero) is 1. The molecule has 0 radical (unpaired) electrons. The van der Waals surface area contributed by atoms with Gasteiger partial charge in [0.05, 0.1) is 12.1 Å². The number of carbonyl (C=O) groups excluding carboxylic acids is 3. The number of likely N-dealkylation sites (tertiary alicyclic amines) is 1. The fraction of sp³-hybridized carbons (Fsp3) is 0.769. The average molecular weight is 269 g/mol. The lowest BCUT2D eigenvalue weighted by atomic mass is 10.1. The number of rotatable bonds is 6. The van der Waals surface area contributed by atoms with Crippen LogP contribution in [-0.2, 0) is 14.4 Å². The van der Waals surface area contributed by atoms with E-state index in [1.807, 2.05) is 18.9 Å². The normalized spacial score (nSPS) is 20.9. The van der Waals surface area contributed by atoms with Crippen molar-refractivity contribution in [3.8, 4) is 0 Å². The summed E-state index contributed by atoms with van der Waals surface area (Å²) in [5.74, 6) is -1.38. The van der Waals surface area contributed by atoms with E-state index in [1.165, 1.54) is 7.05 Å². The van der Waals surface area contributed by atoms with Crippen LogP contribution in [0.4, 0.5) is 0 Å². The molecule has 0 aromatic rings. The molecular formula is C13H23N3O3. The fourth-order valence-electron chi connectivity index (χ4n) is 2.35. The zero-order valence-corrected chi connectivity index (χ0v) is 11.9. The topological polar surface area (TPSA) is 78.5 Å². The van der Waals surface area contributed by atoms with Gasteiger partial charge >= 0.3 is 0 Å². The highest BCUT2D eigenvalue weighted by atomic mass is 16.2. The van der Waals surface area contributed by atoms with E-state index in [2.05, 4.69) is 10.6 Å². The summed E-state index contributed by atoms with van der Waals surface area (Å²) in [6.45, 7) is 2.80. The number of nitrogens with zero attached hydrogens (tertiary/aromatic N) is 1. The molecule has 19 heavy (non-hydrogen) atoms. The molecule has 2 atom stereocenters. The number of likely N-dealkylation sites (N-methyl/N-ethyl adjacent to an activating group) is 2. The van der Waals surface area contributed by atoms with Gasteiger partial charge < -0.3 is 10.6 Å². The Morgan fingerprint density at radius 3 is 2.53 bits per heavy atom. The molecule has 0 aromatic heterocycles. The molecule has 6 nitrogen and oxygen atoms in total. The van der Waals surface area contributed by atoms with Crippen molar-refractivity contribution in [3.05, 3.63) is 0 Å². The van der Waals surface area contributed by atoms with Crippen molar-refractivity contribution >= 4 is 17.6 Å². The minimum atomic E-state index is -0.716. The summed E-state index contributed by atoms with van der Waals surface area (Å²) in [5, 5.41) is 5.02. The monoisotopic (exact) mass is 269 g/mol. The van der Waals surface area contributed by atoms with E-state index >= 15 is 0 Å². The number of nitrogens with one attached hydrogen (secondary N) is 2. The third-order valence-corrected chi connectivity index (χ3v) is 3.48. The molecule has 2 amide bonds. The summed E-state index contributed by atoms with van der Waals surface area (Å²) in [4.78, 5) is 37.3. The smallest absolute Gasteiger partial charge is 0.289 e. The van der Waals surface area contributed by atoms with Gasteiger partial charge in [-0.15, -0.1) is 0 Å². The first-order valence-electron chi connectivity index (χ1n) is 6.77. The zero-order chi connectivity index (χ0) is 14.4. The van der Waals surface area contributed by atoms with Crippen molar-refractivity contribution in [1.82, 2.24) is 15.5 Å². The summed E-state index contributed by atoms with van der Waals surface area (Å²) in [6.07, 6.45) is 2.99. The molecule has 0 saturated carbocycles. The van der Waals surface area contributed by atoms with Crippen molar-refractivity contribution in [2.24, 2.45) is 0 Å². The first kappa shape index (κ1) is 15.6. The molecule has 6 heteroatoms. The molecule has 1 fully saturated rings. The van der Waals surface area contributed by atoms with Crippen LogP contribution in [0.25, 0.3) is 0 Å². The lowest BCUT2D eigenvalue weighted by Crippen LogP contribution is -2.51. The largest absolute Gasteiger partial charge is 0.353 e. The van der Waals surface area contributed by atoms with E-state index in [4.69, 9.17) is 0 Å². The van der Waals surface area contributed by atoms with Crippen LogP contribution in [0.1, 0.15) is 32.6 Å². The van der Waals surface area contributed by atoms with Crippen LogP contribution in [0.5, 0.6) is 0 Å². The van der Waals surface area contributed by atoms with Crippen molar-refractivity contribution in [3.63, 3.8) is 0 Å². The average Bonchev–Trinajstić information content (AvgIpc) is 2.82. The van der Waals surface area contributed by atoms with Gasteiger partial charge in [0.2, 0.25) is 11.7 Å². The quantitative estimate of drug-likeness (QED) is 0.648. The number of ketones is 1. The van der Waals surface area contributed by atoms with Crippen molar-refractivity contribution in [2.45, 2.75) is 44.7 Å². The second-order valence-electron chi connectivity index (χ2n) is 4.93. The zero-order valence-electron chi connectivity index (χ0n) is 11.9. The lowest BCUT2D eigenvalue weighted by Gasteiger charge is -2.22. The van der Waals surface area contributed by atoms with Crippen LogP contribution < -0.4 is 10.6 Å². The van der Waals surface area contributed by atoms with Gasteiger partial charge in [-0.3, -0.25) is 19.3 Å². The fourth-order valence-corrected chi connectivity index (χ4v) is 2.35. The van der Waals surface area contributed by atoms with Crippen LogP contribution >= 0.6 is 0 Å². The van der Waals surface area contributed by atoms with E-state index < -0.39 is 17.7 Å². The van der Waals surface area contributed by atoms with E-state index in [9.17, 15) is 14.4 Å². The van der Waals surface area contributed by atoms with E-state index in [1.54, 1.807) is 0 Å². The van der Waals surface area contributed by atoms with Gasteiger partial charge in [-0.05, 0) is 32.9 Å². The van der Waals surface area contributed by atoms with Crippen LogP contribution in [0.3, 0.4) is 0 Å². The Morgan fingerprint density at radius 2 is 2.05 bits per heavy atom. The minimum Gasteiger partial charge on any atom is -0.353 e. The Labute approximate surface area is 113 Å². The molecule has 2 unspecified atom stereocenters. The van der Waals surface area contributed by atoms with E-state index in [-0.39, 0.29) is 11.9 Å². The van der Waals surface area contributed by atoms with Gasteiger partial charge in [0.15, 0.2) is 0 Å². The van der Waals surface area contributed by atoms with Crippen molar-refractivity contribution < 1.29 is 14.4 Å². The Bertz CT molecular complexity index is 357. The van der Waals surface area contributed by atoms with Gasteiger partial charge in [-0.25, -0.2) is 0 Å². The maximum Gasteiger partial charge on any atom is 0.289 e. The van der Waals surface area contributed by atoms with Gasteiger partial charge in [0.25, 0.3) is 5.91 Å². The van der Waals surface area contributed by atoms with E-state index in [0.717, 1.165) is 25.8 Å². The predicted molar refractivity (Wildman–Crippen MR) is 71.6 cm³/mol.